The Labute approximate surface area is 222 Å². The molecule has 0 saturated carbocycles. The van der Waals surface area contributed by atoms with Crippen LogP contribution in [0.4, 0.5) is 0 Å². The number of benzene rings is 2. The van der Waals surface area contributed by atoms with Crippen LogP contribution in [0.3, 0.4) is 0 Å². The van der Waals surface area contributed by atoms with Crippen molar-refractivity contribution in [2.75, 3.05) is 7.11 Å². The van der Waals surface area contributed by atoms with Gasteiger partial charge in [-0.05, 0) is 48.2 Å². The topological polar surface area (TPSA) is 73.8 Å². The number of nitrogens with zero attached hydrogens (tertiary/aromatic N) is 2. The molecular formula is C29H25ClN2O4S. The summed E-state index contributed by atoms with van der Waals surface area (Å²) in [5.74, 6) is 0.972. The van der Waals surface area contributed by atoms with Crippen molar-refractivity contribution in [2.45, 2.75) is 32.7 Å². The minimum Gasteiger partial charge on any atom is -0.466 e. The van der Waals surface area contributed by atoms with Crippen LogP contribution in [-0.4, -0.2) is 17.6 Å². The summed E-state index contributed by atoms with van der Waals surface area (Å²) in [6.45, 7) is 6.00. The summed E-state index contributed by atoms with van der Waals surface area (Å²) in [5, 5.41) is 0.581. The Kier molecular flexibility index (Phi) is 6.75. The summed E-state index contributed by atoms with van der Waals surface area (Å²) < 4.78 is 13.1. The number of ether oxygens (including phenoxy) is 1. The number of methoxy groups -OCH3 is 1. The number of rotatable bonds is 5. The van der Waals surface area contributed by atoms with Gasteiger partial charge in [0.2, 0.25) is 0 Å². The molecule has 8 heteroatoms. The molecule has 1 aliphatic rings. The van der Waals surface area contributed by atoms with Gasteiger partial charge in [0.05, 0.1) is 34.0 Å². The van der Waals surface area contributed by atoms with Crippen LogP contribution in [0.1, 0.15) is 49.6 Å². The summed E-state index contributed by atoms with van der Waals surface area (Å²) in [5.41, 5.74) is 3.36. The molecule has 188 valence electrons. The number of halogens is 1. The third kappa shape index (κ3) is 4.61. The zero-order chi connectivity index (χ0) is 26.3. The molecule has 4 aromatic rings. The molecule has 0 N–H and O–H groups in total. The monoisotopic (exact) mass is 532 g/mol. The van der Waals surface area contributed by atoms with Crippen LogP contribution in [0.5, 0.6) is 0 Å². The van der Waals surface area contributed by atoms with Crippen molar-refractivity contribution in [2.24, 2.45) is 4.99 Å². The summed E-state index contributed by atoms with van der Waals surface area (Å²) in [4.78, 5) is 31.7. The normalized spacial score (nSPS) is 15.6. The Morgan fingerprint density at radius 3 is 2.54 bits per heavy atom. The molecule has 37 heavy (non-hydrogen) atoms. The minimum absolute atomic E-state index is 0.258. The van der Waals surface area contributed by atoms with Crippen molar-refractivity contribution in [1.29, 1.82) is 0 Å². The van der Waals surface area contributed by atoms with Gasteiger partial charge in [-0.3, -0.25) is 9.36 Å². The van der Waals surface area contributed by atoms with E-state index in [2.05, 4.69) is 18.8 Å². The van der Waals surface area contributed by atoms with Gasteiger partial charge in [-0.15, -0.1) is 0 Å². The van der Waals surface area contributed by atoms with E-state index in [0.29, 0.717) is 43.1 Å². The number of hydrogen-bond acceptors (Lipinski definition) is 6. The lowest BCUT2D eigenvalue weighted by Gasteiger charge is -2.24. The van der Waals surface area contributed by atoms with Crippen LogP contribution in [0.25, 0.3) is 17.4 Å². The molecule has 2 aromatic heterocycles. The largest absolute Gasteiger partial charge is 0.466 e. The second kappa shape index (κ2) is 10.00. The smallest absolute Gasteiger partial charge is 0.338 e. The van der Waals surface area contributed by atoms with Crippen LogP contribution >= 0.6 is 22.9 Å². The summed E-state index contributed by atoms with van der Waals surface area (Å²) in [6, 6.07) is 18.4. The van der Waals surface area contributed by atoms with E-state index in [1.165, 1.54) is 24.0 Å². The van der Waals surface area contributed by atoms with Crippen molar-refractivity contribution in [3.63, 3.8) is 0 Å². The second-order valence-corrected chi connectivity index (χ2v) is 10.5. The average molecular weight is 533 g/mol. The van der Waals surface area contributed by atoms with Crippen molar-refractivity contribution >= 4 is 35.0 Å². The molecule has 0 bridgehead atoms. The Hall–Kier alpha value is -3.68. The standard InChI is InChI=1S/C29H25ClN2O4S/c1-16(2)18-9-11-19(12-10-18)26-25(28(34)35-4)17(3)31-29-32(26)27(33)24(37-29)15-20-13-14-23(36-20)21-7-5-6-8-22(21)30/h5-16,26H,1-4H3/b24-15-. The first-order chi connectivity index (χ1) is 17.8. The highest BCUT2D eigenvalue weighted by molar-refractivity contribution is 7.07. The molecule has 0 spiro atoms. The highest BCUT2D eigenvalue weighted by Gasteiger charge is 2.33. The number of thiazole rings is 1. The molecule has 0 radical (unpaired) electrons. The number of allylic oxidation sites excluding steroid dienone is 1. The van der Waals surface area contributed by atoms with E-state index in [-0.39, 0.29) is 5.56 Å². The number of hydrogen-bond donors (Lipinski definition) is 0. The molecule has 1 unspecified atom stereocenters. The van der Waals surface area contributed by atoms with E-state index in [4.69, 9.17) is 20.8 Å². The van der Waals surface area contributed by atoms with Gasteiger partial charge in [0.1, 0.15) is 11.5 Å². The van der Waals surface area contributed by atoms with E-state index in [9.17, 15) is 9.59 Å². The number of esters is 1. The first-order valence-corrected chi connectivity index (χ1v) is 13.0. The van der Waals surface area contributed by atoms with Crippen LogP contribution < -0.4 is 14.9 Å². The lowest BCUT2D eigenvalue weighted by molar-refractivity contribution is -0.136. The molecule has 0 fully saturated rings. The quantitative estimate of drug-likeness (QED) is 0.321. The number of furan rings is 1. The van der Waals surface area contributed by atoms with Crippen molar-refractivity contribution in [3.05, 3.63) is 114 Å². The van der Waals surface area contributed by atoms with Gasteiger partial charge in [0.15, 0.2) is 4.80 Å². The maximum absolute atomic E-state index is 13.7. The fraction of sp³-hybridized carbons (Fsp3) is 0.207. The molecule has 3 heterocycles. The second-order valence-electron chi connectivity index (χ2n) is 9.08. The maximum Gasteiger partial charge on any atom is 0.338 e. The highest BCUT2D eigenvalue weighted by atomic mass is 35.5. The van der Waals surface area contributed by atoms with Gasteiger partial charge < -0.3 is 9.15 Å². The van der Waals surface area contributed by atoms with Crippen molar-refractivity contribution in [1.82, 2.24) is 4.57 Å². The van der Waals surface area contributed by atoms with E-state index in [1.807, 2.05) is 48.5 Å². The van der Waals surface area contributed by atoms with Crippen molar-refractivity contribution < 1.29 is 13.9 Å². The summed E-state index contributed by atoms with van der Waals surface area (Å²) in [7, 11) is 1.33. The van der Waals surface area contributed by atoms with Crippen LogP contribution in [0, 0.1) is 0 Å². The molecular weight excluding hydrogens is 508 g/mol. The fourth-order valence-corrected chi connectivity index (χ4v) is 5.69. The lowest BCUT2D eigenvalue weighted by Crippen LogP contribution is -2.39. The Morgan fingerprint density at radius 1 is 1.14 bits per heavy atom. The van der Waals surface area contributed by atoms with Crippen LogP contribution in [0.2, 0.25) is 5.02 Å². The van der Waals surface area contributed by atoms with Crippen molar-refractivity contribution in [3.8, 4) is 11.3 Å². The van der Waals surface area contributed by atoms with Gasteiger partial charge in [-0.25, -0.2) is 9.79 Å². The average Bonchev–Trinajstić information content (AvgIpc) is 3.47. The van der Waals surface area contributed by atoms with E-state index in [1.54, 1.807) is 29.7 Å². The number of carbonyl (C=O) groups is 1. The molecule has 5 rings (SSSR count). The molecule has 0 saturated heterocycles. The fourth-order valence-electron chi connectivity index (χ4n) is 4.44. The SMILES string of the molecule is COC(=O)C1=C(C)N=c2s/c(=C\c3ccc(-c4ccccc4Cl)o3)c(=O)n2C1c1ccc(C(C)C)cc1. The number of carbonyl (C=O) groups excluding carboxylic acids is 1. The third-order valence-electron chi connectivity index (χ3n) is 6.39. The van der Waals surface area contributed by atoms with Crippen LogP contribution in [-0.2, 0) is 9.53 Å². The third-order valence-corrected chi connectivity index (χ3v) is 7.70. The molecule has 1 atom stereocenters. The van der Waals surface area contributed by atoms with Gasteiger partial charge in [-0.2, -0.15) is 0 Å². The first kappa shape index (κ1) is 25.0. The predicted molar refractivity (Wildman–Crippen MR) is 145 cm³/mol. The molecule has 2 aromatic carbocycles. The van der Waals surface area contributed by atoms with E-state index in [0.717, 1.165) is 11.1 Å². The number of fused-ring (bicyclic) bond motifs is 1. The Morgan fingerprint density at radius 2 is 1.86 bits per heavy atom. The van der Waals surface area contributed by atoms with E-state index < -0.39 is 12.0 Å². The summed E-state index contributed by atoms with van der Waals surface area (Å²) >= 11 is 7.56. The highest BCUT2D eigenvalue weighted by Crippen LogP contribution is 2.32. The Bertz CT molecular complexity index is 1710. The van der Waals surface area contributed by atoms with E-state index >= 15 is 0 Å². The zero-order valence-corrected chi connectivity index (χ0v) is 22.4. The van der Waals surface area contributed by atoms with Gasteiger partial charge >= 0.3 is 5.97 Å². The first-order valence-electron chi connectivity index (χ1n) is 11.8. The molecule has 6 nitrogen and oxygen atoms in total. The molecule has 0 amide bonds. The number of aromatic nitrogens is 1. The molecule has 0 aliphatic carbocycles. The summed E-state index contributed by atoms with van der Waals surface area (Å²) in [6.07, 6.45) is 1.69. The lowest BCUT2D eigenvalue weighted by atomic mass is 9.93. The maximum atomic E-state index is 13.7. The Balaban J connectivity index is 1.64. The zero-order valence-electron chi connectivity index (χ0n) is 20.8. The van der Waals surface area contributed by atoms with Gasteiger partial charge in [0, 0.05) is 11.6 Å². The van der Waals surface area contributed by atoms with Gasteiger partial charge in [0.25, 0.3) is 5.56 Å². The molecule has 1 aliphatic heterocycles. The minimum atomic E-state index is -0.651. The van der Waals surface area contributed by atoms with Crippen LogP contribution in [0.15, 0.2) is 86.1 Å². The van der Waals surface area contributed by atoms with Gasteiger partial charge in [-0.1, -0.05) is 73.2 Å². The predicted octanol–water partition coefficient (Wildman–Crippen LogP) is 5.45.